The van der Waals surface area contributed by atoms with Crippen LogP contribution in [0.1, 0.15) is 33.4 Å². The maximum atomic E-state index is 14.7. The molecule has 0 aliphatic carbocycles. The van der Waals surface area contributed by atoms with Crippen LogP contribution in [-0.4, -0.2) is 6.71 Å². The summed E-state index contributed by atoms with van der Waals surface area (Å²) in [5, 5.41) is 0. The molecule has 5 aromatic carbocycles. The summed E-state index contributed by atoms with van der Waals surface area (Å²) < 4.78 is 259. The summed E-state index contributed by atoms with van der Waals surface area (Å²) in [6.45, 7) is -3.61. The molecule has 0 aliphatic rings. The van der Waals surface area contributed by atoms with Gasteiger partial charge in [-0.25, -0.2) is 0 Å². The van der Waals surface area contributed by atoms with Crippen LogP contribution in [0.2, 0.25) is 0 Å². The van der Waals surface area contributed by atoms with Gasteiger partial charge < -0.3 is 4.90 Å². The van der Waals surface area contributed by atoms with Crippen molar-refractivity contribution in [3.05, 3.63) is 143 Å². The first kappa shape index (κ1) is 41.9. The van der Waals surface area contributed by atoms with Gasteiger partial charge >= 0.3 is 37.1 Å². The lowest BCUT2D eigenvalue weighted by Gasteiger charge is -2.30. The molecule has 0 radical (unpaired) electrons. The third-order valence-electron chi connectivity index (χ3n) is 8.33. The van der Waals surface area contributed by atoms with E-state index in [1.807, 2.05) is 0 Å². The van der Waals surface area contributed by atoms with Crippen molar-refractivity contribution in [3.63, 3.8) is 0 Å². The minimum Gasteiger partial charge on any atom is -0.311 e. The highest BCUT2D eigenvalue weighted by Gasteiger charge is 2.52. The molecule has 20 heteroatoms. The van der Waals surface area contributed by atoms with Crippen LogP contribution in [0.25, 0.3) is 0 Å². The number of alkyl halides is 18. The predicted octanol–water partition coefficient (Wildman–Crippen LogP) is 11.8. The Morgan fingerprint density at radius 2 is 0.589 bits per heavy atom. The molecule has 296 valence electrons. The summed E-state index contributed by atoms with van der Waals surface area (Å²) in [6.07, 6.45) is -37.3. The van der Waals surface area contributed by atoms with Gasteiger partial charge in [-0.2, -0.15) is 79.0 Å². The van der Waals surface area contributed by atoms with Crippen molar-refractivity contribution >= 4 is 40.2 Å². The van der Waals surface area contributed by atoms with Crippen molar-refractivity contribution in [2.45, 2.75) is 37.1 Å². The molecule has 0 aromatic heterocycles. The van der Waals surface area contributed by atoms with E-state index < -0.39 is 118 Å². The average molecular weight is 817 g/mol. The molecule has 1 nitrogen and oxygen atoms in total. The largest absolute Gasteiger partial charge is 0.416 e. The van der Waals surface area contributed by atoms with Crippen molar-refractivity contribution in [2.24, 2.45) is 0 Å². The predicted molar refractivity (Wildman–Crippen MR) is 169 cm³/mol. The number of rotatable bonds is 6. The summed E-state index contributed by atoms with van der Waals surface area (Å²) in [4.78, 5) is 1.40. The molecule has 0 saturated heterocycles. The van der Waals surface area contributed by atoms with E-state index >= 15 is 0 Å². The molecule has 56 heavy (non-hydrogen) atoms. The zero-order valence-electron chi connectivity index (χ0n) is 27.2. The summed E-state index contributed by atoms with van der Waals surface area (Å²) in [6, 6.07) is 14.5. The number of benzene rings is 5. The van der Waals surface area contributed by atoms with Crippen LogP contribution in [-0.2, 0) is 37.1 Å². The molecule has 0 atom stereocenters. The van der Waals surface area contributed by atoms with Gasteiger partial charge in [0.2, 0.25) is 6.71 Å². The van der Waals surface area contributed by atoms with Gasteiger partial charge in [-0.3, -0.25) is 0 Å². The fourth-order valence-electron chi connectivity index (χ4n) is 6.09. The van der Waals surface area contributed by atoms with Crippen LogP contribution < -0.4 is 21.3 Å². The molecule has 0 amide bonds. The van der Waals surface area contributed by atoms with Crippen molar-refractivity contribution in [3.8, 4) is 0 Å². The van der Waals surface area contributed by atoms with Crippen molar-refractivity contribution in [2.75, 3.05) is 4.90 Å². The Hall–Kier alpha value is -5.30. The Kier molecular flexibility index (Phi) is 10.7. The van der Waals surface area contributed by atoms with E-state index in [4.69, 9.17) is 0 Å². The maximum absolute atomic E-state index is 14.7. The third kappa shape index (κ3) is 8.73. The van der Waals surface area contributed by atoms with Crippen LogP contribution in [0, 0.1) is 0 Å². The molecule has 0 aliphatic heterocycles. The fraction of sp³-hybridized carbons (Fsp3) is 0.167. The number of hydrogen-bond donors (Lipinski definition) is 0. The van der Waals surface area contributed by atoms with E-state index in [0.29, 0.717) is 23.5 Å². The van der Waals surface area contributed by atoms with Gasteiger partial charge in [-0.15, -0.1) is 0 Å². The van der Waals surface area contributed by atoms with Crippen LogP contribution in [0.4, 0.5) is 96.1 Å². The second-order valence-electron chi connectivity index (χ2n) is 12.0. The van der Waals surface area contributed by atoms with E-state index in [-0.39, 0.29) is 5.69 Å². The lowest BCUT2D eigenvalue weighted by Crippen LogP contribution is -2.59. The number of nitrogens with zero attached hydrogens (tertiary/aromatic N) is 1. The Morgan fingerprint density at radius 3 is 0.839 bits per heavy atom. The average Bonchev–Trinajstić information content (AvgIpc) is 3.07. The molecular weight excluding hydrogens is 799 g/mol. The van der Waals surface area contributed by atoms with Crippen LogP contribution in [0.3, 0.4) is 0 Å². The van der Waals surface area contributed by atoms with E-state index in [9.17, 15) is 79.0 Å². The first-order valence-corrected chi connectivity index (χ1v) is 15.4. The Morgan fingerprint density at radius 1 is 0.321 bits per heavy atom. The second kappa shape index (κ2) is 14.3. The topological polar surface area (TPSA) is 3.24 Å². The SMILES string of the molecule is FC(F)(F)c1cc(C(F)(F)F)c(B(c2ccc(N(c3ccccc3)c3ccccc3)cc2)c2c(C(F)(F)F)cc(C(F)(F)F)cc2C(F)(F)F)c(C(F)(F)F)c1. The molecule has 0 fully saturated rings. The molecule has 0 heterocycles. The molecular formula is C36H18BF18N. The van der Waals surface area contributed by atoms with Gasteiger partial charge in [0, 0.05) is 17.1 Å². The number of halogens is 18. The molecule has 0 saturated carbocycles. The van der Waals surface area contributed by atoms with Crippen LogP contribution in [0.15, 0.2) is 109 Å². The smallest absolute Gasteiger partial charge is 0.311 e. The highest BCUT2D eigenvalue weighted by Crippen LogP contribution is 2.43. The minimum atomic E-state index is -6.34. The van der Waals surface area contributed by atoms with Crippen molar-refractivity contribution in [1.82, 2.24) is 0 Å². The van der Waals surface area contributed by atoms with Gasteiger partial charge in [0.15, 0.2) is 0 Å². The maximum Gasteiger partial charge on any atom is 0.416 e. The van der Waals surface area contributed by atoms with Crippen molar-refractivity contribution in [1.29, 1.82) is 0 Å². The molecule has 0 unspecified atom stereocenters. The quantitative estimate of drug-likeness (QED) is 0.122. The van der Waals surface area contributed by atoms with E-state index in [1.165, 1.54) is 29.2 Å². The van der Waals surface area contributed by atoms with Crippen LogP contribution in [0.5, 0.6) is 0 Å². The normalized spacial score (nSPS) is 13.2. The highest BCUT2D eigenvalue weighted by atomic mass is 19.4. The van der Waals surface area contributed by atoms with Crippen molar-refractivity contribution < 1.29 is 79.0 Å². The third-order valence-corrected chi connectivity index (χ3v) is 8.33. The Labute approximate surface area is 303 Å². The standard InChI is InChI=1S/C36H18BF18N/c38-31(39,40)19-15-25(33(44,45)46)29(26(16-19)34(47,48)49)37(30-27(35(50,51)52)17-20(32(41,42)43)18-28(30)36(53,54)55)21-11-13-24(14-12-21)56(22-7-3-1-4-8-22)23-9-5-2-6-10-23/h1-18H. The number of hydrogen-bond acceptors (Lipinski definition) is 1. The minimum absolute atomic E-state index is 0.0380. The first-order valence-electron chi connectivity index (χ1n) is 15.4. The van der Waals surface area contributed by atoms with Gasteiger partial charge in [-0.1, -0.05) is 54.0 Å². The molecule has 0 spiro atoms. The van der Waals surface area contributed by atoms with Gasteiger partial charge in [-0.05, 0) is 71.6 Å². The number of anilines is 3. The number of para-hydroxylation sites is 2. The molecule has 0 N–H and O–H groups in total. The van der Waals surface area contributed by atoms with Gasteiger partial charge in [0.1, 0.15) is 0 Å². The second-order valence-corrected chi connectivity index (χ2v) is 12.0. The van der Waals surface area contributed by atoms with Gasteiger partial charge in [0.05, 0.1) is 33.4 Å². The summed E-state index contributed by atoms with van der Waals surface area (Å²) in [5.41, 5.74) is -22.8. The van der Waals surface area contributed by atoms with E-state index in [1.54, 1.807) is 36.4 Å². The Bertz CT molecular complexity index is 1960. The molecule has 0 bridgehead atoms. The van der Waals surface area contributed by atoms with Crippen LogP contribution >= 0.6 is 0 Å². The fourth-order valence-corrected chi connectivity index (χ4v) is 6.09. The lowest BCUT2D eigenvalue weighted by molar-refractivity contribution is -0.149. The summed E-state index contributed by atoms with van der Waals surface area (Å²) >= 11 is 0. The van der Waals surface area contributed by atoms with E-state index in [2.05, 4.69) is 0 Å². The summed E-state index contributed by atoms with van der Waals surface area (Å²) in [5.74, 6) is 0. The zero-order chi connectivity index (χ0) is 41.8. The Balaban J connectivity index is 1.99. The summed E-state index contributed by atoms with van der Waals surface area (Å²) in [7, 11) is 0. The first-order chi connectivity index (χ1) is 25.6. The lowest BCUT2D eigenvalue weighted by atomic mass is 9.33. The molecule has 5 rings (SSSR count). The van der Waals surface area contributed by atoms with Gasteiger partial charge in [0.25, 0.3) is 0 Å². The zero-order valence-corrected chi connectivity index (χ0v) is 27.2. The van der Waals surface area contributed by atoms with E-state index in [0.717, 1.165) is 12.1 Å². The molecule has 5 aromatic rings. The monoisotopic (exact) mass is 817 g/mol. The highest BCUT2D eigenvalue weighted by molar-refractivity contribution is 6.96.